The maximum Gasteiger partial charge on any atom is 0.0723 e. The van der Waals surface area contributed by atoms with E-state index in [2.05, 4.69) is 33.8 Å². The molecule has 82 valence electrons. The summed E-state index contributed by atoms with van der Waals surface area (Å²) in [4.78, 5) is 0. The summed E-state index contributed by atoms with van der Waals surface area (Å²) in [5.41, 5.74) is 2.66. The number of rotatable bonds is 6. The van der Waals surface area contributed by atoms with Crippen molar-refractivity contribution in [2.45, 2.75) is 59.5 Å². The Morgan fingerprint density at radius 2 is 1.93 bits per heavy atom. The standard InChI is InChI=1S/C13H24O/c1-5-7-13(14)10-12(4)9-6-8-11(2)3/h8,10,13-14H,5-7,9H2,1-4H3. The number of hydrogen-bond donors (Lipinski definition) is 1. The van der Waals surface area contributed by atoms with Gasteiger partial charge in [0.15, 0.2) is 0 Å². The fourth-order valence-electron chi connectivity index (χ4n) is 1.38. The second kappa shape index (κ2) is 7.81. The fourth-order valence-corrected chi connectivity index (χ4v) is 1.38. The average molecular weight is 196 g/mol. The normalized spacial score (nSPS) is 13.9. The quantitative estimate of drug-likeness (QED) is 0.640. The van der Waals surface area contributed by atoms with E-state index >= 15 is 0 Å². The van der Waals surface area contributed by atoms with Crippen molar-refractivity contribution >= 4 is 0 Å². The molecule has 1 nitrogen and oxygen atoms in total. The van der Waals surface area contributed by atoms with Crippen LogP contribution in [0.5, 0.6) is 0 Å². The Labute approximate surface area is 88.5 Å². The van der Waals surface area contributed by atoms with Crippen LogP contribution < -0.4 is 0 Å². The lowest BCUT2D eigenvalue weighted by atomic mass is 10.1. The van der Waals surface area contributed by atoms with Gasteiger partial charge in [0.25, 0.3) is 0 Å². The molecule has 0 spiro atoms. The van der Waals surface area contributed by atoms with E-state index in [0.717, 1.165) is 25.7 Å². The number of allylic oxidation sites excluding steroid dienone is 3. The zero-order valence-electron chi connectivity index (χ0n) is 10.0. The van der Waals surface area contributed by atoms with Crippen LogP contribution in [0.3, 0.4) is 0 Å². The van der Waals surface area contributed by atoms with Crippen molar-refractivity contribution in [3.8, 4) is 0 Å². The minimum absolute atomic E-state index is 0.244. The summed E-state index contributed by atoms with van der Waals surface area (Å²) in [7, 11) is 0. The number of aliphatic hydroxyl groups excluding tert-OH is 1. The summed E-state index contributed by atoms with van der Waals surface area (Å²) < 4.78 is 0. The van der Waals surface area contributed by atoms with E-state index in [-0.39, 0.29) is 6.10 Å². The zero-order valence-corrected chi connectivity index (χ0v) is 10.0. The SMILES string of the molecule is CCCC(O)C=C(C)CCC=C(C)C. The maximum atomic E-state index is 9.54. The highest BCUT2D eigenvalue weighted by atomic mass is 16.3. The van der Waals surface area contributed by atoms with Crippen LogP contribution in [-0.2, 0) is 0 Å². The smallest absolute Gasteiger partial charge is 0.0723 e. The Bertz CT molecular complexity index is 197. The van der Waals surface area contributed by atoms with Gasteiger partial charge in [-0.2, -0.15) is 0 Å². The summed E-state index contributed by atoms with van der Waals surface area (Å²) in [6, 6.07) is 0. The molecule has 0 aromatic heterocycles. The topological polar surface area (TPSA) is 20.2 Å². The molecule has 0 heterocycles. The van der Waals surface area contributed by atoms with Crippen LogP contribution in [0, 0.1) is 0 Å². The van der Waals surface area contributed by atoms with Gasteiger partial charge in [-0.25, -0.2) is 0 Å². The fraction of sp³-hybridized carbons (Fsp3) is 0.692. The van der Waals surface area contributed by atoms with E-state index in [9.17, 15) is 5.11 Å². The number of aliphatic hydroxyl groups is 1. The maximum absolute atomic E-state index is 9.54. The summed E-state index contributed by atoms with van der Waals surface area (Å²) in [5, 5.41) is 9.54. The summed E-state index contributed by atoms with van der Waals surface area (Å²) in [5.74, 6) is 0. The predicted molar refractivity (Wildman–Crippen MR) is 63.3 cm³/mol. The van der Waals surface area contributed by atoms with Crippen LogP contribution in [-0.4, -0.2) is 11.2 Å². The van der Waals surface area contributed by atoms with Gasteiger partial charge in [0.2, 0.25) is 0 Å². The first-order valence-corrected chi connectivity index (χ1v) is 5.55. The van der Waals surface area contributed by atoms with Crippen LogP contribution in [0.15, 0.2) is 23.3 Å². The molecule has 1 N–H and O–H groups in total. The predicted octanol–water partition coefficient (Wildman–Crippen LogP) is 3.84. The molecular weight excluding hydrogens is 172 g/mol. The molecule has 1 atom stereocenters. The summed E-state index contributed by atoms with van der Waals surface area (Å²) >= 11 is 0. The van der Waals surface area contributed by atoms with Crippen molar-refractivity contribution < 1.29 is 5.11 Å². The molecule has 0 fully saturated rings. The van der Waals surface area contributed by atoms with Crippen molar-refractivity contribution in [1.29, 1.82) is 0 Å². The molecule has 1 unspecified atom stereocenters. The first-order valence-electron chi connectivity index (χ1n) is 5.55. The van der Waals surface area contributed by atoms with Crippen molar-refractivity contribution in [2.75, 3.05) is 0 Å². The minimum Gasteiger partial charge on any atom is -0.389 e. The molecule has 0 aliphatic carbocycles. The third-order valence-electron chi connectivity index (χ3n) is 2.15. The third-order valence-corrected chi connectivity index (χ3v) is 2.15. The monoisotopic (exact) mass is 196 g/mol. The lowest BCUT2D eigenvalue weighted by Crippen LogP contribution is -2.01. The highest BCUT2D eigenvalue weighted by molar-refractivity contribution is 5.04. The van der Waals surface area contributed by atoms with Gasteiger partial charge < -0.3 is 5.11 Å². The van der Waals surface area contributed by atoms with Crippen molar-refractivity contribution in [1.82, 2.24) is 0 Å². The van der Waals surface area contributed by atoms with E-state index in [1.165, 1.54) is 11.1 Å². The molecule has 0 rings (SSSR count). The average Bonchev–Trinajstić information content (AvgIpc) is 2.03. The Kier molecular flexibility index (Phi) is 7.50. The lowest BCUT2D eigenvalue weighted by Gasteiger charge is -2.05. The van der Waals surface area contributed by atoms with Crippen LogP contribution in [0.25, 0.3) is 0 Å². The van der Waals surface area contributed by atoms with E-state index < -0.39 is 0 Å². The van der Waals surface area contributed by atoms with Gasteiger partial charge in [0.1, 0.15) is 0 Å². The van der Waals surface area contributed by atoms with Crippen LogP contribution in [0.1, 0.15) is 53.4 Å². The first kappa shape index (κ1) is 13.4. The van der Waals surface area contributed by atoms with Crippen LogP contribution in [0.4, 0.5) is 0 Å². The molecule has 0 aromatic rings. The summed E-state index contributed by atoms with van der Waals surface area (Å²) in [6.07, 6.45) is 8.05. The van der Waals surface area contributed by atoms with Gasteiger partial charge in [-0.3, -0.25) is 0 Å². The van der Waals surface area contributed by atoms with Gasteiger partial charge in [-0.05, 0) is 40.0 Å². The van der Waals surface area contributed by atoms with Gasteiger partial charge in [0.05, 0.1) is 6.10 Å². The van der Waals surface area contributed by atoms with Gasteiger partial charge in [-0.1, -0.05) is 36.6 Å². The Morgan fingerprint density at radius 1 is 1.29 bits per heavy atom. The molecule has 0 radical (unpaired) electrons. The third kappa shape index (κ3) is 8.06. The molecular formula is C13H24O. The molecule has 0 aliphatic rings. The highest BCUT2D eigenvalue weighted by Gasteiger charge is 1.98. The van der Waals surface area contributed by atoms with Gasteiger partial charge >= 0.3 is 0 Å². The molecule has 1 heteroatoms. The Balaban J connectivity index is 3.82. The molecule has 14 heavy (non-hydrogen) atoms. The number of hydrogen-bond acceptors (Lipinski definition) is 1. The Hall–Kier alpha value is -0.560. The Morgan fingerprint density at radius 3 is 2.43 bits per heavy atom. The second-order valence-electron chi connectivity index (χ2n) is 4.19. The second-order valence-corrected chi connectivity index (χ2v) is 4.19. The van der Waals surface area contributed by atoms with Crippen molar-refractivity contribution in [2.24, 2.45) is 0 Å². The van der Waals surface area contributed by atoms with Crippen LogP contribution in [0.2, 0.25) is 0 Å². The van der Waals surface area contributed by atoms with Crippen LogP contribution >= 0.6 is 0 Å². The lowest BCUT2D eigenvalue weighted by molar-refractivity contribution is 0.210. The van der Waals surface area contributed by atoms with E-state index in [1.807, 2.05) is 6.08 Å². The van der Waals surface area contributed by atoms with E-state index in [1.54, 1.807) is 0 Å². The van der Waals surface area contributed by atoms with Crippen molar-refractivity contribution in [3.63, 3.8) is 0 Å². The molecule has 0 bridgehead atoms. The van der Waals surface area contributed by atoms with Crippen molar-refractivity contribution in [3.05, 3.63) is 23.3 Å². The molecule has 0 aromatic carbocycles. The molecule has 0 saturated heterocycles. The van der Waals surface area contributed by atoms with E-state index in [4.69, 9.17) is 0 Å². The molecule has 0 aliphatic heterocycles. The molecule has 0 amide bonds. The van der Waals surface area contributed by atoms with E-state index in [0.29, 0.717) is 0 Å². The molecule has 0 saturated carbocycles. The first-order chi connectivity index (χ1) is 6.56. The van der Waals surface area contributed by atoms with Gasteiger partial charge in [0, 0.05) is 0 Å². The summed E-state index contributed by atoms with van der Waals surface area (Å²) in [6.45, 7) is 8.42. The minimum atomic E-state index is -0.244. The highest BCUT2D eigenvalue weighted by Crippen LogP contribution is 2.09. The van der Waals surface area contributed by atoms with Gasteiger partial charge in [-0.15, -0.1) is 0 Å². The largest absolute Gasteiger partial charge is 0.389 e. The zero-order chi connectivity index (χ0) is 11.0.